The van der Waals surface area contributed by atoms with Crippen LogP contribution in [0.3, 0.4) is 0 Å². The molecule has 1 heterocycles. The predicted molar refractivity (Wildman–Crippen MR) is 146 cm³/mol. The lowest BCUT2D eigenvalue weighted by atomic mass is 9.87. The lowest BCUT2D eigenvalue weighted by Gasteiger charge is -2.19. The molecule has 35 heavy (non-hydrogen) atoms. The van der Waals surface area contributed by atoms with Gasteiger partial charge in [0.25, 0.3) is 5.91 Å². The van der Waals surface area contributed by atoms with Crippen LogP contribution in [0.5, 0.6) is 11.5 Å². The number of nitrogens with one attached hydrogen (secondary N) is 1. The highest BCUT2D eigenvalue weighted by atomic mass is 79.9. The molecule has 0 fully saturated rings. The zero-order valence-corrected chi connectivity index (χ0v) is 23.2. The second-order valence-electron chi connectivity index (χ2n) is 8.49. The van der Waals surface area contributed by atoms with Crippen LogP contribution in [0.15, 0.2) is 50.3 Å². The van der Waals surface area contributed by atoms with Crippen LogP contribution in [0.4, 0.5) is 5.13 Å². The van der Waals surface area contributed by atoms with Crippen LogP contribution in [0, 0.1) is 0 Å². The second-order valence-corrected chi connectivity index (χ2v) is 11.6. The number of carbonyl (C=O) groups is 1. The van der Waals surface area contributed by atoms with E-state index in [0.29, 0.717) is 34.2 Å². The van der Waals surface area contributed by atoms with Gasteiger partial charge in [0.1, 0.15) is 6.61 Å². The largest absolute Gasteiger partial charge is 0.490 e. The van der Waals surface area contributed by atoms with E-state index >= 15 is 0 Å². The van der Waals surface area contributed by atoms with E-state index in [2.05, 4.69) is 81.7 Å². The minimum Gasteiger partial charge on any atom is -0.490 e. The van der Waals surface area contributed by atoms with Crippen molar-refractivity contribution in [3.05, 3.63) is 57.6 Å². The summed E-state index contributed by atoms with van der Waals surface area (Å²) in [4.78, 5) is 12.0. The van der Waals surface area contributed by atoms with Crippen LogP contribution in [-0.4, -0.2) is 34.7 Å². The Morgan fingerprint density at radius 3 is 2.60 bits per heavy atom. The molecule has 0 saturated carbocycles. The summed E-state index contributed by atoms with van der Waals surface area (Å²) in [6, 6.07) is 12.1. The molecule has 0 spiro atoms. The number of aromatic nitrogens is 2. The molecule has 0 aliphatic carbocycles. The number of nitrogens with two attached hydrogens (primary N) is 1. The number of hydrogen-bond acceptors (Lipinski definition) is 9. The normalized spacial score (nSPS) is 11.6. The summed E-state index contributed by atoms with van der Waals surface area (Å²) in [5.41, 5.74) is 11.2. The molecule has 3 rings (SSSR count). The van der Waals surface area contributed by atoms with Crippen molar-refractivity contribution < 1.29 is 14.3 Å². The third kappa shape index (κ3) is 8.22. The molecular weight excluding hydrogens is 550 g/mol. The van der Waals surface area contributed by atoms with Gasteiger partial charge in [-0.15, -0.1) is 10.2 Å². The SMILES string of the molecule is CCOc1cc(C=NNC(=O)CSc2nnc(N)s2)cc(Br)c1OCc1ccc(C(C)(C)C)cc1. The maximum atomic E-state index is 12.0. The number of rotatable bonds is 10. The Hall–Kier alpha value is -2.63. The monoisotopic (exact) mass is 577 g/mol. The van der Waals surface area contributed by atoms with Crippen LogP contribution < -0.4 is 20.6 Å². The number of hydrazone groups is 1. The molecule has 8 nitrogen and oxygen atoms in total. The molecule has 0 bridgehead atoms. The Balaban J connectivity index is 1.61. The molecule has 186 valence electrons. The Labute approximate surface area is 221 Å². The van der Waals surface area contributed by atoms with Gasteiger partial charge in [-0.3, -0.25) is 4.79 Å². The van der Waals surface area contributed by atoms with E-state index in [1.165, 1.54) is 28.7 Å². The van der Waals surface area contributed by atoms with Gasteiger partial charge in [-0.05, 0) is 57.1 Å². The van der Waals surface area contributed by atoms with Crippen LogP contribution in [0.1, 0.15) is 44.4 Å². The van der Waals surface area contributed by atoms with Crippen LogP contribution in [-0.2, 0) is 16.8 Å². The summed E-state index contributed by atoms with van der Waals surface area (Å²) in [6.07, 6.45) is 1.55. The van der Waals surface area contributed by atoms with Crippen molar-refractivity contribution in [2.24, 2.45) is 5.10 Å². The van der Waals surface area contributed by atoms with E-state index in [1.807, 2.05) is 19.1 Å². The number of hydrogen-bond donors (Lipinski definition) is 2. The van der Waals surface area contributed by atoms with Crippen molar-refractivity contribution in [3.63, 3.8) is 0 Å². The van der Waals surface area contributed by atoms with E-state index in [1.54, 1.807) is 6.21 Å². The Morgan fingerprint density at radius 2 is 1.97 bits per heavy atom. The molecule has 1 amide bonds. The molecule has 3 N–H and O–H groups in total. The summed E-state index contributed by atoms with van der Waals surface area (Å²) in [5, 5.41) is 12.0. The van der Waals surface area contributed by atoms with Crippen molar-refractivity contribution in [2.75, 3.05) is 18.1 Å². The number of amides is 1. The Morgan fingerprint density at radius 1 is 1.23 bits per heavy atom. The molecule has 0 aliphatic heterocycles. The summed E-state index contributed by atoms with van der Waals surface area (Å²) < 4.78 is 13.3. The molecule has 0 radical (unpaired) electrons. The summed E-state index contributed by atoms with van der Waals surface area (Å²) >= 11 is 6.06. The zero-order chi connectivity index (χ0) is 25.4. The Bertz CT molecular complexity index is 1180. The minimum absolute atomic E-state index is 0.105. The van der Waals surface area contributed by atoms with Gasteiger partial charge in [0, 0.05) is 0 Å². The highest BCUT2D eigenvalue weighted by Crippen LogP contribution is 2.37. The molecule has 0 saturated heterocycles. The van der Waals surface area contributed by atoms with Crippen LogP contribution >= 0.6 is 39.0 Å². The first kappa shape index (κ1) is 27.0. The van der Waals surface area contributed by atoms with E-state index in [0.717, 1.165) is 15.6 Å². The van der Waals surface area contributed by atoms with Gasteiger partial charge in [0.2, 0.25) is 5.13 Å². The van der Waals surface area contributed by atoms with Crippen molar-refractivity contribution in [2.45, 2.75) is 44.1 Å². The lowest BCUT2D eigenvalue weighted by Crippen LogP contribution is -2.19. The second kappa shape index (κ2) is 12.4. The van der Waals surface area contributed by atoms with Crippen LogP contribution in [0.2, 0.25) is 0 Å². The Kier molecular flexibility index (Phi) is 9.53. The van der Waals surface area contributed by atoms with E-state index in [9.17, 15) is 4.79 Å². The van der Waals surface area contributed by atoms with Crippen molar-refractivity contribution in [3.8, 4) is 11.5 Å². The van der Waals surface area contributed by atoms with Crippen molar-refractivity contribution in [1.29, 1.82) is 0 Å². The summed E-state index contributed by atoms with van der Waals surface area (Å²) in [7, 11) is 0. The molecule has 0 atom stereocenters. The summed E-state index contributed by atoms with van der Waals surface area (Å²) in [6.45, 7) is 9.37. The first-order valence-electron chi connectivity index (χ1n) is 10.9. The van der Waals surface area contributed by atoms with Crippen molar-refractivity contribution >= 4 is 56.3 Å². The van der Waals surface area contributed by atoms with Gasteiger partial charge in [0.05, 0.1) is 23.0 Å². The van der Waals surface area contributed by atoms with Gasteiger partial charge >= 0.3 is 0 Å². The first-order chi connectivity index (χ1) is 16.7. The molecule has 0 aliphatic rings. The predicted octanol–water partition coefficient (Wildman–Crippen LogP) is 5.40. The fourth-order valence-corrected chi connectivity index (χ4v) is 4.94. The number of thioether (sulfide) groups is 1. The molecule has 11 heteroatoms. The number of nitrogens with zero attached hydrogens (tertiary/aromatic N) is 3. The number of anilines is 1. The number of nitrogen functional groups attached to an aromatic ring is 1. The van der Waals surface area contributed by atoms with Gasteiger partial charge in [0.15, 0.2) is 15.8 Å². The fourth-order valence-electron chi connectivity index (χ4n) is 2.94. The van der Waals surface area contributed by atoms with Gasteiger partial charge in [-0.25, -0.2) is 5.43 Å². The first-order valence-corrected chi connectivity index (χ1v) is 13.5. The number of halogens is 1. The highest BCUT2D eigenvalue weighted by Gasteiger charge is 2.15. The molecule has 0 unspecified atom stereocenters. The summed E-state index contributed by atoms with van der Waals surface area (Å²) in [5.74, 6) is 1.09. The fraction of sp³-hybridized carbons (Fsp3) is 0.333. The maximum absolute atomic E-state index is 12.0. The molecule has 1 aromatic heterocycles. The lowest BCUT2D eigenvalue weighted by molar-refractivity contribution is -0.118. The topological polar surface area (TPSA) is 112 Å². The zero-order valence-electron chi connectivity index (χ0n) is 20.0. The van der Waals surface area contributed by atoms with Gasteiger partial charge < -0.3 is 15.2 Å². The van der Waals surface area contributed by atoms with Gasteiger partial charge in [-0.2, -0.15) is 5.10 Å². The van der Waals surface area contributed by atoms with E-state index in [-0.39, 0.29) is 17.1 Å². The third-order valence-corrected chi connectivity index (χ3v) is 7.16. The molecule has 2 aromatic carbocycles. The average molecular weight is 579 g/mol. The maximum Gasteiger partial charge on any atom is 0.250 e. The number of carbonyl (C=O) groups excluding carboxylic acids is 1. The van der Waals surface area contributed by atoms with Crippen molar-refractivity contribution in [1.82, 2.24) is 15.6 Å². The number of benzene rings is 2. The van der Waals surface area contributed by atoms with Gasteiger partial charge in [-0.1, -0.05) is 68.1 Å². The van der Waals surface area contributed by atoms with E-state index in [4.69, 9.17) is 15.2 Å². The smallest absolute Gasteiger partial charge is 0.250 e. The minimum atomic E-state index is -0.262. The number of ether oxygens (including phenoxy) is 2. The quantitative estimate of drug-likeness (QED) is 0.188. The molecule has 3 aromatic rings. The van der Waals surface area contributed by atoms with Crippen LogP contribution in [0.25, 0.3) is 0 Å². The highest BCUT2D eigenvalue weighted by molar-refractivity contribution is 9.10. The average Bonchev–Trinajstić information content (AvgIpc) is 3.22. The third-order valence-electron chi connectivity index (χ3n) is 4.69. The standard InChI is InChI=1S/C24H28BrN5O3S2/c1-5-32-19-11-16(12-27-28-20(31)14-34-23-30-29-22(26)35-23)10-18(25)21(19)33-13-15-6-8-17(9-7-15)24(2,3)4/h6-12H,5,13-14H2,1-4H3,(H2,26,29)(H,28,31). The van der Waals surface area contributed by atoms with E-state index < -0.39 is 0 Å². The molecular formula is C24H28BrN5O3S2.